The summed E-state index contributed by atoms with van der Waals surface area (Å²) in [5.41, 5.74) is 2.95. The van der Waals surface area contributed by atoms with Crippen molar-refractivity contribution in [2.75, 3.05) is 7.11 Å². The molecule has 2 aromatic carbocycles. The molecular formula is C33H42O8. The third kappa shape index (κ3) is 7.99. The van der Waals surface area contributed by atoms with Gasteiger partial charge in [0.05, 0.1) is 11.2 Å². The van der Waals surface area contributed by atoms with Gasteiger partial charge in [-0.2, -0.15) is 0 Å². The number of hydrogen-bond acceptors (Lipinski definition) is 8. The molecule has 0 amide bonds. The van der Waals surface area contributed by atoms with Gasteiger partial charge in [0.2, 0.25) is 12.1 Å². The number of rotatable bonds is 11. The van der Waals surface area contributed by atoms with Crippen molar-refractivity contribution >= 4 is 11.8 Å². The van der Waals surface area contributed by atoms with Crippen LogP contribution < -0.4 is 4.74 Å². The van der Waals surface area contributed by atoms with Crippen molar-refractivity contribution in [3.8, 4) is 17.2 Å². The molecule has 1 aliphatic rings. The molecule has 0 fully saturated rings. The molecule has 0 spiro atoms. The van der Waals surface area contributed by atoms with Crippen LogP contribution in [0.2, 0.25) is 0 Å². The fraction of sp³-hybridized carbons (Fsp3) is 0.455. The van der Waals surface area contributed by atoms with Gasteiger partial charge in [-0.05, 0) is 96.0 Å². The zero-order chi connectivity index (χ0) is 30.5. The number of hydrogen-bond donors (Lipinski definition) is 3. The van der Waals surface area contributed by atoms with E-state index in [9.17, 15) is 24.9 Å². The number of methoxy groups -OCH3 is 1. The molecule has 3 rings (SSSR count). The van der Waals surface area contributed by atoms with E-state index in [0.717, 1.165) is 29.6 Å². The SMILES string of the molecule is COC1Oc2ccc(C/C=C(\C)CC/C=C(\C)CCC(OC(C)=O)C(C)(C)O)c(O)c2C(=O)c2c(O)cc(C)cc21. The minimum atomic E-state index is -1.11. The van der Waals surface area contributed by atoms with Crippen LogP contribution >= 0.6 is 0 Å². The molecule has 0 aliphatic carbocycles. The molecule has 8 heteroatoms. The first kappa shape index (κ1) is 31.9. The Morgan fingerprint density at radius 3 is 2.39 bits per heavy atom. The summed E-state index contributed by atoms with van der Waals surface area (Å²) in [6.07, 6.45) is 5.94. The minimum absolute atomic E-state index is 0.00479. The standard InChI is InChI=1S/C33H42O8/c1-19(9-8-10-20(2)12-16-27(33(5,6)38)40-22(4)34)11-13-23-14-15-26-29(30(23)36)31(37)28-24(32(39-7)41-26)17-21(3)18-25(28)35/h10-11,14-15,17-18,27,32,35-36,38H,8-9,12-13,16H2,1-7H3/b19-11+,20-10+. The predicted molar refractivity (Wildman–Crippen MR) is 156 cm³/mol. The molecule has 0 radical (unpaired) electrons. The molecule has 0 aromatic heterocycles. The van der Waals surface area contributed by atoms with E-state index < -0.39 is 29.7 Å². The monoisotopic (exact) mass is 566 g/mol. The van der Waals surface area contributed by atoms with Crippen LogP contribution in [0, 0.1) is 6.92 Å². The Morgan fingerprint density at radius 1 is 1.07 bits per heavy atom. The first-order valence-electron chi connectivity index (χ1n) is 13.9. The van der Waals surface area contributed by atoms with Crippen LogP contribution in [-0.4, -0.2) is 45.9 Å². The molecular weight excluding hydrogens is 524 g/mol. The molecule has 222 valence electrons. The van der Waals surface area contributed by atoms with Gasteiger partial charge in [0, 0.05) is 19.6 Å². The second-order valence-electron chi connectivity index (χ2n) is 11.3. The van der Waals surface area contributed by atoms with E-state index in [-0.39, 0.29) is 28.4 Å². The molecule has 41 heavy (non-hydrogen) atoms. The lowest BCUT2D eigenvalue weighted by molar-refractivity contribution is -0.159. The number of fused-ring (bicyclic) bond motifs is 2. The number of phenolic OH excluding ortho intramolecular Hbond substituents is 2. The second-order valence-corrected chi connectivity index (χ2v) is 11.3. The van der Waals surface area contributed by atoms with Crippen molar-refractivity contribution in [1.82, 2.24) is 0 Å². The van der Waals surface area contributed by atoms with Crippen LogP contribution in [0.3, 0.4) is 0 Å². The molecule has 0 saturated carbocycles. The van der Waals surface area contributed by atoms with Crippen molar-refractivity contribution < 1.29 is 39.1 Å². The van der Waals surface area contributed by atoms with Gasteiger partial charge in [0.15, 0.2) is 0 Å². The van der Waals surface area contributed by atoms with Gasteiger partial charge in [0.1, 0.15) is 28.9 Å². The zero-order valence-electron chi connectivity index (χ0n) is 25.0. The fourth-order valence-electron chi connectivity index (χ4n) is 4.96. The smallest absolute Gasteiger partial charge is 0.303 e. The first-order valence-corrected chi connectivity index (χ1v) is 13.9. The quantitative estimate of drug-likeness (QED) is 0.212. The Labute approximate surface area is 242 Å². The highest BCUT2D eigenvalue weighted by molar-refractivity contribution is 6.15. The third-order valence-corrected chi connectivity index (χ3v) is 7.27. The molecule has 3 N–H and O–H groups in total. The molecule has 8 nitrogen and oxygen atoms in total. The van der Waals surface area contributed by atoms with Crippen LogP contribution in [0.15, 0.2) is 47.6 Å². The van der Waals surface area contributed by atoms with Gasteiger partial charge in [-0.1, -0.05) is 29.4 Å². The van der Waals surface area contributed by atoms with E-state index in [1.54, 1.807) is 39.0 Å². The summed E-state index contributed by atoms with van der Waals surface area (Å²) >= 11 is 0. The maximum Gasteiger partial charge on any atom is 0.303 e. The Kier molecular flexibility index (Phi) is 10.4. The van der Waals surface area contributed by atoms with Gasteiger partial charge in [-0.15, -0.1) is 0 Å². The van der Waals surface area contributed by atoms with E-state index in [1.807, 2.05) is 19.9 Å². The predicted octanol–water partition coefficient (Wildman–Crippen LogP) is 6.37. The topological polar surface area (TPSA) is 123 Å². The maximum absolute atomic E-state index is 13.5. The van der Waals surface area contributed by atoms with E-state index >= 15 is 0 Å². The van der Waals surface area contributed by atoms with Gasteiger partial charge in [-0.3, -0.25) is 9.59 Å². The molecule has 0 saturated heterocycles. The molecule has 1 aliphatic heterocycles. The highest BCUT2D eigenvalue weighted by atomic mass is 16.7. The Morgan fingerprint density at radius 2 is 1.76 bits per heavy atom. The molecule has 2 unspecified atom stereocenters. The lowest BCUT2D eigenvalue weighted by Gasteiger charge is -2.28. The van der Waals surface area contributed by atoms with Crippen LogP contribution in [0.4, 0.5) is 0 Å². The highest BCUT2D eigenvalue weighted by Gasteiger charge is 2.34. The van der Waals surface area contributed by atoms with Crippen molar-refractivity contribution in [2.24, 2.45) is 0 Å². The number of carbonyl (C=O) groups excluding carboxylic acids is 2. The van der Waals surface area contributed by atoms with Gasteiger partial charge >= 0.3 is 5.97 Å². The van der Waals surface area contributed by atoms with Crippen molar-refractivity contribution in [2.45, 2.75) is 91.6 Å². The van der Waals surface area contributed by atoms with Crippen LogP contribution in [0.25, 0.3) is 0 Å². The minimum Gasteiger partial charge on any atom is -0.507 e. The van der Waals surface area contributed by atoms with E-state index in [2.05, 4.69) is 6.08 Å². The average molecular weight is 567 g/mol. The Bertz CT molecular complexity index is 1350. The number of aromatic hydroxyl groups is 2. The largest absolute Gasteiger partial charge is 0.507 e. The number of ketones is 1. The summed E-state index contributed by atoms with van der Waals surface area (Å²) in [4.78, 5) is 24.9. The van der Waals surface area contributed by atoms with Gasteiger partial charge in [0.25, 0.3) is 0 Å². The summed E-state index contributed by atoms with van der Waals surface area (Å²) in [5, 5.41) is 32.0. The van der Waals surface area contributed by atoms with Crippen LogP contribution in [0.1, 0.15) is 99.2 Å². The van der Waals surface area contributed by atoms with Gasteiger partial charge in [-0.25, -0.2) is 0 Å². The average Bonchev–Trinajstić information content (AvgIpc) is 2.99. The number of allylic oxidation sites excluding steroid dienone is 4. The maximum atomic E-state index is 13.5. The lowest BCUT2D eigenvalue weighted by Crippen LogP contribution is -2.39. The molecule has 0 bridgehead atoms. The number of aliphatic hydroxyl groups is 1. The van der Waals surface area contributed by atoms with Crippen molar-refractivity contribution in [3.63, 3.8) is 0 Å². The first-order chi connectivity index (χ1) is 19.2. The zero-order valence-corrected chi connectivity index (χ0v) is 25.0. The summed E-state index contributed by atoms with van der Waals surface area (Å²) in [7, 11) is 1.46. The van der Waals surface area contributed by atoms with Crippen molar-refractivity contribution in [3.05, 3.63) is 75.4 Å². The Balaban J connectivity index is 1.69. The lowest BCUT2D eigenvalue weighted by atomic mass is 9.93. The normalized spacial score (nSPS) is 16.4. The summed E-state index contributed by atoms with van der Waals surface area (Å²) < 4.78 is 16.7. The van der Waals surface area contributed by atoms with E-state index in [4.69, 9.17) is 14.2 Å². The summed E-state index contributed by atoms with van der Waals surface area (Å²) in [6.45, 7) is 10.5. The fourth-order valence-corrected chi connectivity index (χ4v) is 4.96. The molecule has 1 heterocycles. The Hall–Kier alpha value is -3.62. The molecule has 2 aromatic rings. The van der Waals surface area contributed by atoms with Crippen LogP contribution in [-0.2, 0) is 20.7 Å². The third-order valence-electron chi connectivity index (χ3n) is 7.27. The number of esters is 1. The van der Waals surface area contributed by atoms with Crippen molar-refractivity contribution in [1.29, 1.82) is 0 Å². The summed E-state index contributed by atoms with van der Waals surface area (Å²) in [5.74, 6) is -1.10. The highest BCUT2D eigenvalue weighted by Crippen LogP contribution is 2.43. The molecule has 2 atom stereocenters. The number of phenols is 2. The van der Waals surface area contributed by atoms with Gasteiger partial charge < -0.3 is 29.5 Å². The summed E-state index contributed by atoms with van der Waals surface area (Å²) in [6, 6.07) is 6.61. The van der Waals surface area contributed by atoms with E-state index in [0.29, 0.717) is 30.4 Å². The number of ether oxygens (including phenoxy) is 3. The van der Waals surface area contributed by atoms with E-state index in [1.165, 1.54) is 20.1 Å². The number of benzene rings is 2. The number of aryl methyl sites for hydroxylation is 1. The van der Waals surface area contributed by atoms with Crippen LogP contribution in [0.5, 0.6) is 17.2 Å². The second kappa shape index (κ2) is 13.4. The number of carbonyl (C=O) groups is 2.